The Hall–Kier alpha value is -1.69. The molecule has 0 atom stereocenters. The smallest absolute Gasteiger partial charge is 0.358 e. The van der Waals surface area contributed by atoms with Gasteiger partial charge in [0.2, 0.25) is 0 Å². The van der Waals surface area contributed by atoms with E-state index in [1.807, 2.05) is 0 Å². The van der Waals surface area contributed by atoms with Crippen LogP contribution in [-0.2, 0) is 0 Å². The van der Waals surface area contributed by atoms with E-state index in [-0.39, 0.29) is 17.0 Å². The Morgan fingerprint density at radius 3 is 2.36 bits per heavy atom. The summed E-state index contributed by atoms with van der Waals surface area (Å²) < 4.78 is 0. The summed E-state index contributed by atoms with van der Waals surface area (Å²) in [6.07, 6.45) is 2.61. The average Bonchev–Trinajstić information content (AvgIpc) is 1.88. The lowest BCUT2D eigenvalue weighted by Gasteiger charge is -1.94. The highest BCUT2D eigenvalue weighted by atomic mass is 16.4. The van der Waals surface area contributed by atoms with E-state index in [4.69, 9.17) is 10.8 Å². The van der Waals surface area contributed by atoms with Gasteiger partial charge in [-0.3, -0.25) is 0 Å². The number of nitrogens with two attached hydrogens (primary N) is 1. The molecule has 1 heterocycles. The number of aromatic nitrogens is 2. The fraction of sp³-hybridized carbons (Fsp3) is 0. The minimum Gasteiger partial charge on any atom is -0.476 e. The van der Waals surface area contributed by atoms with Gasteiger partial charge in [0.05, 0.1) is 0 Å². The minimum atomic E-state index is -1.16. The molecule has 5 N–H and O–H groups in total. The summed E-state index contributed by atoms with van der Waals surface area (Å²) >= 11 is 0. The van der Waals surface area contributed by atoms with Gasteiger partial charge in [0.25, 0.3) is 0 Å². The monoisotopic (exact) mass is 157 g/mol. The molecule has 0 aliphatic carbocycles. The molecule has 11 heavy (non-hydrogen) atoms. The first-order valence-corrected chi connectivity index (χ1v) is 2.51. The van der Waals surface area contributed by atoms with Crippen LogP contribution in [0.1, 0.15) is 10.5 Å². The molecule has 0 saturated carbocycles. The molecule has 0 radical (unpaired) electrons. The quantitative estimate of drug-likeness (QED) is 0.537. The highest BCUT2D eigenvalue weighted by molar-refractivity contribution is 5.89. The third-order valence-corrected chi connectivity index (χ3v) is 0.929. The van der Waals surface area contributed by atoms with Gasteiger partial charge in [-0.15, -0.1) is 0 Å². The first-order chi connectivity index (χ1) is 4.72. The van der Waals surface area contributed by atoms with E-state index in [1.165, 1.54) is 12.4 Å². The Bertz CT molecular complexity index is 263. The molecule has 1 aromatic heterocycles. The first-order valence-electron chi connectivity index (χ1n) is 2.51. The molecule has 0 aromatic carbocycles. The molecule has 0 aliphatic rings. The van der Waals surface area contributed by atoms with Gasteiger partial charge in [0.1, 0.15) is 0 Å². The zero-order valence-electron chi connectivity index (χ0n) is 5.48. The van der Waals surface area contributed by atoms with Crippen LogP contribution in [0.4, 0.5) is 5.82 Å². The fourth-order valence-electron chi connectivity index (χ4n) is 0.514. The Morgan fingerprint density at radius 2 is 2.00 bits per heavy atom. The Kier molecular flexibility index (Phi) is 2.94. The van der Waals surface area contributed by atoms with Crippen molar-refractivity contribution in [3.05, 3.63) is 18.1 Å². The summed E-state index contributed by atoms with van der Waals surface area (Å²) in [5.74, 6) is -1.22. The molecule has 1 aromatic rings. The van der Waals surface area contributed by atoms with E-state index in [2.05, 4.69) is 9.97 Å². The topological polar surface area (TPSA) is 121 Å². The van der Waals surface area contributed by atoms with Crippen molar-refractivity contribution in [1.82, 2.24) is 9.97 Å². The van der Waals surface area contributed by atoms with Gasteiger partial charge in [-0.1, -0.05) is 0 Å². The Labute approximate surface area is 62.0 Å². The van der Waals surface area contributed by atoms with Crippen molar-refractivity contribution in [1.29, 1.82) is 0 Å². The third-order valence-electron chi connectivity index (χ3n) is 0.929. The molecular formula is C5H7N3O3. The number of rotatable bonds is 1. The van der Waals surface area contributed by atoms with Crippen LogP contribution in [0.2, 0.25) is 0 Å². The van der Waals surface area contributed by atoms with E-state index in [9.17, 15) is 4.79 Å². The maximum Gasteiger partial charge on any atom is 0.358 e. The second-order valence-corrected chi connectivity index (χ2v) is 1.60. The lowest BCUT2D eigenvalue weighted by atomic mass is 10.4. The van der Waals surface area contributed by atoms with E-state index < -0.39 is 5.97 Å². The number of carboxylic acids is 1. The van der Waals surface area contributed by atoms with Crippen LogP contribution in [0.25, 0.3) is 0 Å². The first kappa shape index (κ1) is 9.31. The molecule has 0 unspecified atom stereocenters. The molecular weight excluding hydrogens is 150 g/mol. The summed E-state index contributed by atoms with van der Waals surface area (Å²) in [7, 11) is 0. The van der Waals surface area contributed by atoms with E-state index in [0.717, 1.165) is 0 Å². The number of nitrogens with zero attached hydrogens (tertiary/aromatic N) is 2. The standard InChI is InChI=1S/C5H5N3O2.H2O/c6-4-3(5(9)10)7-1-2-8-4;/h1-2H,(H2,6,8)(H,9,10);1H2. The molecule has 6 heteroatoms. The molecule has 0 bridgehead atoms. The zero-order chi connectivity index (χ0) is 7.56. The van der Waals surface area contributed by atoms with Gasteiger partial charge in [-0.05, 0) is 0 Å². The number of hydrogen-bond acceptors (Lipinski definition) is 4. The van der Waals surface area contributed by atoms with Crippen molar-refractivity contribution in [2.75, 3.05) is 5.73 Å². The zero-order valence-corrected chi connectivity index (χ0v) is 5.48. The highest BCUT2D eigenvalue weighted by Crippen LogP contribution is 2.00. The lowest BCUT2D eigenvalue weighted by molar-refractivity contribution is 0.0691. The Balaban J connectivity index is 0.000001000. The maximum absolute atomic E-state index is 10.2. The molecule has 0 amide bonds. The van der Waals surface area contributed by atoms with Gasteiger partial charge in [-0.2, -0.15) is 0 Å². The van der Waals surface area contributed by atoms with E-state index >= 15 is 0 Å². The van der Waals surface area contributed by atoms with Crippen molar-refractivity contribution in [3.8, 4) is 0 Å². The fourth-order valence-corrected chi connectivity index (χ4v) is 0.514. The van der Waals surface area contributed by atoms with Crippen LogP contribution in [0.5, 0.6) is 0 Å². The lowest BCUT2D eigenvalue weighted by Crippen LogP contribution is -2.06. The molecule has 0 aliphatic heterocycles. The van der Waals surface area contributed by atoms with Gasteiger partial charge >= 0.3 is 5.97 Å². The second-order valence-electron chi connectivity index (χ2n) is 1.60. The van der Waals surface area contributed by atoms with Crippen LogP contribution in [-0.4, -0.2) is 26.5 Å². The molecule has 0 saturated heterocycles. The third kappa shape index (κ3) is 1.87. The Morgan fingerprint density at radius 1 is 1.45 bits per heavy atom. The van der Waals surface area contributed by atoms with Crippen molar-refractivity contribution in [3.63, 3.8) is 0 Å². The van der Waals surface area contributed by atoms with Gasteiger partial charge in [0.15, 0.2) is 11.5 Å². The van der Waals surface area contributed by atoms with Crippen molar-refractivity contribution in [2.24, 2.45) is 0 Å². The summed E-state index contributed by atoms with van der Waals surface area (Å²) in [6, 6.07) is 0. The van der Waals surface area contributed by atoms with Crippen LogP contribution in [0.15, 0.2) is 12.4 Å². The van der Waals surface area contributed by atoms with Crippen molar-refractivity contribution >= 4 is 11.8 Å². The second kappa shape index (κ2) is 3.47. The largest absolute Gasteiger partial charge is 0.476 e. The van der Waals surface area contributed by atoms with Crippen LogP contribution in [0.3, 0.4) is 0 Å². The number of carboxylic acid groups (broad SMARTS) is 1. The van der Waals surface area contributed by atoms with Crippen molar-refractivity contribution in [2.45, 2.75) is 0 Å². The van der Waals surface area contributed by atoms with Gasteiger partial charge < -0.3 is 16.3 Å². The minimum absolute atomic E-state index is 0. The summed E-state index contributed by atoms with van der Waals surface area (Å²) in [4.78, 5) is 17.3. The summed E-state index contributed by atoms with van der Waals surface area (Å²) in [5, 5.41) is 8.38. The molecule has 0 spiro atoms. The van der Waals surface area contributed by atoms with Crippen LogP contribution >= 0.6 is 0 Å². The van der Waals surface area contributed by atoms with E-state index in [0.29, 0.717) is 0 Å². The highest BCUT2D eigenvalue weighted by Gasteiger charge is 2.07. The maximum atomic E-state index is 10.2. The summed E-state index contributed by atoms with van der Waals surface area (Å²) in [6.45, 7) is 0. The van der Waals surface area contributed by atoms with Gasteiger partial charge in [-0.25, -0.2) is 14.8 Å². The summed E-state index contributed by atoms with van der Waals surface area (Å²) in [5.41, 5.74) is 4.96. The molecule has 1 rings (SSSR count). The van der Waals surface area contributed by atoms with Crippen LogP contribution in [0, 0.1) is 0 Å². The average molecular weight is 157 g/mol. The SMILES string of the molecule is Nc1nccnc1C(=O)O.O. The molecule has 6 nitrogen and oxygen atoms in total. The van der Waals surface area contributed by atoms with Crippen LogP contribution < -0.4 is 5.73 Å². The predicted octanol–water partition coefficient (Wildman–Crippen LogP) is -1.07. The number of nitrogen functional groups attached to an aromatic ring is 1. The molecule has 60 valence electrons. The molecule has 0 fully saturated rings. The van der Waals surface area contributed by atoms with Crippen molar-refractivity contribution < 1.29 is 15.4 Å². The number of aromatic carboxylic acids is 1. The normalized spacial score (nSPS) is 8.36. The van der Waals surface area contributed by atoms with E-state index in [1.54, 1.807) is 0 Å². The number of anilines is 1. The number of hydrogen-bond donors (Lipinski definition) is 2. The predicted molar refractivity (Wildman–Crippen MR) is 37.0 cm³/mol. The van der Waals surface area contributed by atoms with Gasteiger partial charge in [0, 0.05) is 12.4 Å². The number of carbonyl (C=O) groups is 1.